The summed E-state index contributed by atoms with van der Waals surface area (Å²) < 4.78 is 28.5. The molecule has 1 N–H and O–H groups in total. The summed E-state index contributed by atoms with van der Waals surface area (Å²) in [5.41, 5.74) is 0. The number of hydrogen-bond acceptors (Lipinski definition) is 4. The van der Waals surface area contributed by atoms with Crippen LogP contribution >= 0.6 is 0 Å². The highest BCUT2D eigenvalue weighted by Crippen LogP contribution is 2.18. The van der Waals surface area contributed by atoms with Crippen molar-refractivity contribution in [3.63, 3.8) is 0 Å². The Morgan fingerprint density at radius 3 is 2.67 bits per heavy atom. The zero-order valence-electron chi connectivity index (χ0n) is 13.5. The minimum Gasteiger partial charge on any atom is -0.317 e. The van der Waals surface area contributed by atoms with Gasteiger partial charge in [0.05, 0.1) is 6.20 Å². The summed E-state index contributed by atoms with van der Waals surface area (Å²) in [6, 6.07) is -0.00268. The fourth-order valence-electron chi connectivity index (χ4n) is 2.20. The Hall–Kier alpha value is -0.920. The summed E-state index contributed by atoms with van der Waals surface area (Å²) in [5, 5.41) is 7.40. The molecule has 0 fully saturated rings. The van der Waals surface area contributed by atoms with E-state index in [9.17, 15) is 8.42 Å². The van der Waals surface area contributed by atoms with Gasteiger partial charge in [-0.3, -0.25) is 4.68 Å². The topological polar surface area (TPSA) is 67.2 Å². The van der Waals surface area contributed by atoms with Crippen LogP contribution in [0.1, 0.15) is 40.5 Å². The van der Waals surface area contributed by atoms with E-state index >= 15 is 0 Å². The molecule has 0 saturated heterocycles. The van der Waals surface area contributed by atoms with Crippen LogP contribution in [0.4, 0.5) is 0 Å². The van der Waals surface area contributed by atoms with Crippen LogP contribution < -0.4 is 5.32 Å². The van der Waals surface area contributed by atoms with Gasteiger partial charge in [-0.2, -0.15) is 9.40 Å². The van der Waals surface area contributed by atoms with Gasteiger partial charge in [-0.05, 0) is 32.9 Å². The number of nitrogens with one attached hydrogen (secondary N) is 1. The average molecular weight is 316 g/mol. The molecule has 1 rings (SSSR count). The molecule has 1 aromatic rings. The van der Waals surface area contributed by atoms with Gasteiger partial charge in [-0.15, -0.1) is 0 Å². The molecular formula is C14H28N4O2S. The molecule has 1 aromatic heterocycles. The van der Waals surface area contributed by atoms with Crippen molar-refractivity contribution < 1.29 is 8.42 Å². The van der Waals surface area contributed by atoms with E-state index < -0.39 is 10.0 Å². The monoisotopic (exact) mass is 316 g/mol. The average Bonchev–Trinajstić information content (AvgIpc) is 2.93. The SMILES string of the molecule is CCNCCCn1cc(S(=O)(=O)N(CC)C(C)CC)cn1. The highest BCUT2D eigenvalue weighted by molar-refractivity contribution is 7.89. The number of aryl methyl sites for hydroxylation is 1. The molecule has 6 nitrogen and oxygen atoms in total. The second kappa shape index (κ2) is 8.51. The van der Waals surface area contributed by atoms with Crippen molar-refractivity contribution in [1.29, 1.82) is 0 Å². The molecule has 0 saturated carbocycles. The first-order valence-corrected chi connectivity index (χ1v) is 9.16. The molecule has 0 aromatic carbocycles. The largest absolute Gasteiger partial charge is 0.317 e. The van der Waals surface area contributed by atoms with Crippen molar-refractivity contribution in [2.75, 3.05) is 19.6 Å². The van der Waals surface area contributed by atoms with Crippen molar-refractivity contribution in [3.05, 3.63) is 12.4 Å². The third kappa shape index (κ3) is 4.79. The van der Waals surface area contributed by atoms with E-state index in [1.54, 1.807) is 10.9 Å². The van der Waals surface area contributed by atoms with E-state index in [-0.39, 0.29) is 10.9 Å². The summed E-state index contributed by atoms with van der Waals surface area (Å²) in [6.45, 7) is 10.9. The molecule has 1 unspecified atom stereocenters. The summed E-state index contributed by atoms with van der Waals surface area (Å²) in [6.07, 6.45) is 4.81. The number of nitrogens with zero attached hydrogens (tertiary/aromatic N) is 3. The minimum absolute atomic E-state index is 0.00268. The highest BCUT2D eigenvalue weighted by Gasteiger charge is 2.27. The summed E-state index contributed by atoms with van der Waals surface area (Å²) in [5.74, 6) is 0. The van der Waals surface area contributed by atoms with Crippen molar-refractivity contribution in [1.82, 2.24) is 19.4 Å². The van der Waals surface area contributed by atoms with Crippen LogP contribution in [-0.2, 0) is 16.6 Å². The second-order valence-electron chi connectivity index (χ2n) is 5.11. The van der Waals surface area contributed by atoms with E-state index in [0.29, 0.717) is 6.54 Å². The number of hydrogen-bond donors (Lipinski definition) is 1. The molecule has 7 heteroatoms. The van der Waals surface area contributed by atoms with Crippen molar-refractivity contribution in [3.8, 4) is 0 Å². The summed E-state index contributed by atoms with van der Waals surface area (Å²) in [7, 11) is -3.44. The Balaban J connectivity index is 2.78. The first-order chi connectivity index (χ1) is 9.97. The molecule has 0 aliphatic carbocycles. The zero-order chi connectivity index (χ0) is 15.9. The van der Waals surface area contributed by atoms with E-state index in [0.717, 1.165) is 32.5 Å². The lowest BCUT2D eigenvalue weighted by molar-refractivity contribution is 0.342. The van der Waals surface area contributed by atoms with Gasteiger partial charge in [-0.1, -0.05) is 20.8 Å². The van der Waals surface area contributed by atoms with Crippen molar-refractivity contribution in [2.45, 2.75) is 58.0 Å². The van der Waals surface area contributed by atoms with Crippen molar-refractivity contribution in [2.24, 2.45) is 0 Å². The van der Waals surface area contributed by atoms with Gasteiger partial charge in [0.1, 0.15) is 4.90 Å². The lowest BCUT2D eigenvalue weighted by Crippen LogP contribution is -2.37. The molecule has 0 bridgehead atoms. The predicted octanol–water partition coefficient (Wildman–Crippen LogP) is 1.69. The Morgan fingerprint density at radius 1 is 1.38 bits per heavy atom. The maximum absolute atomic E-state index is 12.6. The number of rotatable bonds is 10. The van der Waals surface area contributed by atoms with Crippen LogP contribution in [0.15, 0.2) is 17.3 Å². The molecule has 0 spiro atoms. The third-order valence-corrected chi connectivity index (χ3v) is 5.64. The molecule has 0 aliphatic rings. The lowest BCUT2D eigenvalue weighted by atomic mass is 10.3. The van der Waals surface area contributed by atoms with Gasteiger partial charge in [0.25, 0.3) is 0 Å². The first-order valence-electron chi connectivity index (χ1n) is 7.72. The van der Waals surface area contributed by atoms with Crippen LogP contribution in [0, 0.1) is 0 Å². The summed E-state index contributed by atoms with van der Waals surface area (Å²) >= 11 is 0. The smallest absolute Gasteiger partial charge is 0.246 e. The molecule has 0 amide bonds. The Bertz CT molecular complexity index is 513. The van der Waals surface area contributed by atoms with E-state index in [2.05, 4.69) is 17.3 Å². The van der Waals surface area contributed by atoms with Crippen LogP contribution in [0.3, 0.4) is 0 Å². The highest BCUT2D eigenvalue weighted by atomic mass is 32.2. The van der Waals surface area contributed by atoms with Gasteiger partial charge < -0.3 is 5.32 Å². The fraction of sp³-hybridized carbons (Fsp3) is 0.786. The summed E-state index contributed by atoms with van der Waals surface area (Å²) in [4.78, 5) is 0.285. The van der Waals surface area contributed by atoms with Crippen LogP contribution in [0.25, 0.3) is 0 Å². The lowest BCUT2D eigenvalue weighted by Gasteiger charge is -2.25. The molecule has 1 atom stereocenters. The van der Waals surface area contributed by atoms with Crippen LogP contribution in [0.2, 0.25) is 0 Å². The quantitative estimate of drug-likeness (QED) is 0.667. The Labute approximate surface area is 128 Å². The molecule has 122 valence electrons. The number of sulfonamides is 1. The van der Waals surface area contributed by atoms with Gasteiger partial charge in [-0.25, -0.2) is 8.42 Å². The Morgan fingerprint density at radius 2 is 2.10 bits per heavy atom. The van der Waals surface area contributed by atoms with Gasteiger partial charge in [0.15, 0.2) is 0 Å². The molecular weight excluding hydrogens is 288 g/mol. The van der Waals surface area contributed by atoms with Gasteiger partial charge >= 0.3 is 0 Å². The van der Waals surface area contributed by atoms with Gasteiger partial charge in [0.2, 0.25) is 10.0 Å². The van der Waals surface area contributed by atoms with E-state index in [4.69, 9.17) is 0 Å². The molecule has 0 aliphatic heterocycles. The standard InChI is InChI=1S/C14H28N4O2S/c1-5-13(4)18(7-3)21(19,20)14-11-16-17(12-14)10-8-9-15-6-2/h11-13,15H,5-10H2,1-4H3. The first kappa shape index (κ1) is 18.1. The fourth-order valence-corrected chi connectivity index (χ4v) is 3.87. The maximum Gasteiger partial charge on any atom is 0.246 e. The van der Waals surface area contributed by atoms with Crippen molar-refractivity contribution >= 4 is 10.0 Å². The van der Waals surface area contributed by atoms with Crippen LogP contribution in [-0.4, -0.2) is 48.2 Å². The zero-order valence-corrected chi connectivity index (χ0v) is 14.4. The minimum atomic E-state index is -3.44. The maximum atomic E-state index is 12.6. The normalized spacial score (nSPS) is 13.8. The molecule has 0 radical (unpaired) electrons. The van der Waals surface area contributed by atoms with E-state index in [1.165, 1.54) is 10.5 Å². The second-order valence-corrected chi connectivity index (χ2v) is 7.00. The van der Waals surface area contributed by atoms with Gasteiger partial charge in [0, 0.05) is 25.3 Å². The Kier molecular flexibility index (Phi) is 7.34. The molecule has 1 heterocycles. The number of aromatic nitrogens is 2. The van der Waals surface area contributed by atoms with Crippen LogP contribution in [0.5, 0.6) is 0 Å². The van der Waals surface area contributed by atoms with E-state index in [1.807, 2.05) is 20.8 Å². The molecule has 21 heavy (non-hydrogen) atoms. The third-order valence-electron chi connectivity index (χ3n) is 3.60. The predicted molar refractivity (Wildman–Crippen MR) is 84.7 cm³/mol.